The molecule has 4 nitrogen and oxygen atoms in total. The van der Waals surface area contributed by atoms with Gasteiger partial charge in [0.25, 0.3) is 5.91 Å². The average Bonchev–Trinajstić information content (AvgIpc) is 2.98. The first-order valence-electron chi connectivity index (χ1n) is 8.03. The lowest BCUT2D eigenvalue weighted by Gasteiger charge is -2.19. The Bertz CT molecular complexity index is 726. The minimum Gasteiger partial charge on any atom is -0.355 e. The molecule has 1 saturated heterocycles. The fraction of sp³-hybridized carbons (Fsp3) is 0.316. The third-order valence-corrected chi connectivity index (χ3v) is 4.54. The van der Waals surface area contributed by atoms with Crippen molar-refractivity contribution in [2.45, 2.75) is 26.3 Å². The Morgan fingerprint density at radius 2 is 1.87 bits per heavy atom. The molecular weight excluding hydrogens is 286 g/mol. The molecule has 0 aromatic heterocycles. The van der Waals surface area contributed by atoms with Crippen LogP contribution in [0.2, 0.25) is 0 Å². The summed E-state index contributed by atoms with van der Waals surface area (Å²) in [6.07, 6.45) is 0.873. The van der Waals surface area contributed by atoms with Gasteiger partial charge in [-0.05, 0) is 49.6 Å². The van der Waals surface area contributed by atoms with Crippen LogP contribution in [0.5, 0.6) is 0 Å². The Balaban J connectivity index is 1.89. The summed E-state index contributed by atoms with van der Waals surface area (Å²) >= 11 is 0. The van der Waals surface area contributed by atoms with Crippen LogP contribution in [-0.2, 0) is 0 Å². The number of para-hydroxylation sites is 1. The van der Waals surface area contributed by atoms with Crippen LogP contribution in [0.25, 0.3) is 0 Å². The second kappa shape index (κ2) is 6.42. The first-order chi connectivity index (χ1) is 11.1. The van der Waals surface area contributed by atoms with Gasteiger partial charge < -0.3 is 16.0 Å². The van der Waals surface area contributed by atoms with Gasteiger partial charge in [-0.3, -0.25) is 4.79 Å². The quantitative estimate of drug-likeness (QED) is 0.915. The molecule has 0 radical (unpaired) electrons. The Morgan fingerprint density at radius 1 is 1.13 bits per heavy atom. The number of likely N-dealkylation sites (tertiary alicyclic amines) is 1. The molecule has 4 heteroatoms. The highest BCUT2D eigenvalue weighted by atomic mass is 16.2. The molecule has 2 aromatic carbocycles. The van der Waals surface area contributed by atoms with E-state index in [9.17, 15) is 4.79 Å². The van der Waals surface area contributed by atoms with E-state index in [1.807, 2.05) is 41.3 Å². The van der Waals surface area contributed by atoms with Gasteiger partial charge in [0.15, 0.2) is 0 Å². The van der Waals surface area contributed by atoms with Gasteiger partial charge in [0, 0.05) is 24.8 Å². The van der Waals surface area contributed by atoms with Crippen LogP contribution in [-0.4, -0.2) is 29.9 Å². The Hall–Kier alpha value is -2.33. The molecular formula is C19H23N3O. The molecule has 0 aliphatic carbocycles. The molecule has 2 aromatic rings. The molecule has 23 heavy (non-hydrogen) atoms. The summed E-state index contributed by atoms with van der Waals surface area (Å²) < 4.78 is 0. The molecule has 3 N–H and O–H groups in total. The number of amides is 1. The van der Waals surface area contributed by atoms with Crippen LogP contribution in [0.15, 0.2) is 42.5 Å². The predicted octanol–water partition coefficient (Wildman–Crippen LogP) is 3.22. The van der Waals surface area contributed by atoms with Crippen molar-refractivity contribution >= 4 is 17.3 Å². The molecule has 1 aliphatic rings. The van der Waals surface area contributed by atoms with E-state index in [0.29, 0.717) is 12.1 Å². The number of anilines is 2. The van der Waals surface area contributed by atoms with Crippen molar-refractivity contribution in [1.82, 2.24) is 4.90 Å². The zero-order valence-electron chi connectivity index (χ0n) is 13.7. The fourth-order valence-corrected chi connectivity index (χ4v) is 2.95. The van der Waals surface area contributed by atoms with Crippen molar-refractivity contribution in [3.05, 3.63) is 59.2 Å². The van der Waals surface area contributed by atoms with Crippen LogP contribution >= 0.6 is 0 Å². The van der Waals surface area contributed by atoms with Gasteiger partial charge in [-0.15, -0.1) is 0 Å². The molecule has 120 valence electrons. The highest BCUT2D eigenvalue weighted by molar-refractivity contribution is 6.00. The normalized spacial score (nSPS) is 17.3. The van der Waals surface area contributed by atoms with Crippen molar-refractivity contribution in [1.29, 1.82) is 0 Å². The number of carbonyl (C=O) groups is 1. The lowest BCUT2D eigenvalue weighted by atomic mass is 10.1. The minimum absolute atomic E-state index is 0.0476. The summed E-state index contributed by atoms with van der Waals surface area (Å²) in [5.74, 6) is 0.0476. The van der Waals surface area contributed by atoms with Gasteiger partial charge in [0.05, 0.1) is 11.3 Å². The summed E-state index contributed by atoms with van der Waals surface area (Å²) in [7, 11) is 0. The summed E-state index contributed by atoms with van der Waals surface area (Å²) in [4.78, 5) is 14.6. The number of nitrogens with zero attached hydrogens (tertiary/aromatic N) is 1. The monoisotopic (exact) mass is 309 g/mol. The first-order valence-corrected chi connectivity index (χ1v) is 8.03. The van der Waals surface area contributed by atoms with Crippen molar-refractivity contribution in [2.24, 2.45) is 5.73 Å². The van der Waals surface area contributed by atoms with Crippen LogP contribution in [0.3, 0.4) is 0 Å². The Labute approximate surface area is 137 Å². The number of carbonyl (C=O) groups excluding carboxylic acids is 1. The van der Waals surface area contributed by atoms with Crippen LogP contribution in [0.4, 0.5) is 11.4 Å². The second-order valence-corrected chi connectivity index (χ2v) is 6.22. The summed E-state index contributed by atoms with van der Waals surface area (Å²) in [5.41, 5.74) is 10.9. The molecule has 3 rings (SSSR count). The predicted molar refractivity (Wildman–Crippen MR) is 94.1 cm³/mol. The van der Waals surface area contributed by atoms with Gasteiger partial charge in [0.1, 0.15) is 0 Å². The van der Waals surface area contributed by atoms with E-state index in [1.54, 1.807) is 0 Å². The van der Waals surface area contributed by atoms with E-state index in [0.717, 1.165) is 24.3 Å². The molecule has 0 saturated carbocycles. The van der Waals surface area contributed by atoms with Crippen molar-refractivity contribution in [3.8, 4) is 0 Å². The molecule has 0 bridgehead atoms. The van der Waals surface area contributed by atoms with E-state index in [1.165, 1.54) is 11.1 Å². The number of nitrogens with two attached hydrogens (primary N) is 1. The number of rotatable bonds is 3. The van der Waals surface area contributed by atoms with E-state index in [4.69, 9.17) is 5.73 Å². The maximum atomic E-state index is 12.8. The van der Waals surface area contributed by atoms with E-state index in [-0.39, 0.29) is 11.9 Å². The smallest absolute Gasteiger partial charge is 0.256 e. The zero-order valence-corrected chi connectivity index (χ0v) is 13.7. The first kappa shape index (κ1) is 15.6. The van der Waals surface area contributed by atoms with Crippen LogP contribution in [0.1, 0.15) is 27.9 Å². The lowest BCUT2D eigenvalue weighted by molar-refractivity contribution is 0.0792. The maximum absolute atomic E-state index is 12.8. The number of hydrogen-bond acceptors (Lipinski definition) is 3. The Morgan fingerprint density at radius 3 is 2.61 bits per heavy atom. The number of hydrogen-bond donors (Lipinski definition) is 2. The largest absolute Gasteiger partial charge is 0.355 e. The highest BCUT2D eigenvalue weighted by Crippen LogP contribution is 2.26. The van der Waals surface area contributed by atoms with E-state index in [2.05, 4.69) is 25.2 Å². The number of benzene rings is 2. The average molecular weight is 309 g/mol. The highest BCUT2D eigenvalue weighted by Gasteiger charge is 2.26. The van der Waals surface area contributed by atoms with Gasteiger partial charge in [-0.25, -0.2) is 0 Å². The van der Waals surface area contributed by atoms with Gasteiger partial charge >= 0.3 is 0 Å². The van der Waals surface area contributed by atoms with Crippen LogP contribution in [0, 0.1) is 13.8 Å². The third kappa shape index (κ3) is 3.22. The Kier molecular flexibility index (Phi) is 4.35. The lowest BCUT2D eigenvalue weighted by Crippen LogP contribution is -2.32. The zero-order chi connectivity index (χ0) is 16.4. The topological polar surface area (TPSA) is 58.4 Å². The molecule has 1 heterocycles. The molecule has 0 unspecified atom stereocenters. The van der Waals surface area contributed by atoms with Crippen LogP contribution < -0.4 is 11.1 Å². The van der Waals surface area contributed by atoms with Crippen molar-refractivity contribution in [2.75, 3.05) is 18.4 Å². The van der Waals surface area contributed by atoms with Gasteiger partial charge in [-0.2, -0.15) is 0 Å². The summed E-state index contributed by atoms with van der Waals surface area (Å²) in [6.45, 7) is 5.54. The summed E-state index contributed by atoms with van der Waals surface area (Å²) in [5, 5.41) is 3.42. The SMILES string of the molecule is Cc1cccc(Nc2ccccc2C(=O)N2CC[C@@H](N)C2)c1C. The van der Waals surface area contributed by atoms with Crippen molar-refractivity contribution in [3.63, 3.8) is 0 Å². The second-order valence-electron chi connectivity index (χ2n) is 6.22. The third-order valence-electron chi connectivity index (χ3n) is 4.54. The fourth-order valence-electron chi connectivity index (χ4n) is 2.95. The number of aryl methyl sites for hydroxylation is 1. The summed E-state index contributed by atoms with van der Waals surface area (Å²) in [6, 6.07) is 13.9. The van der Waals surface area contributed by atoms with E-state index >= 15 is 0 Å². The molecule has 1 fully saturated rings. The minimum atomic E-state index is 0.0476. The molecule has 0 spiro atoms. The molecule has 1 amide bonds. The van der Waals surface area contributed by atoms with E-state index < -0.39 is 0 Å². The molecule has 1 aliphatic heterocycles. The molecule has 1 atom stereocenters. The maximum Gasteiger partial charge on any atom is 0.256 e. The van der Waals surface area contributed by atoms with Gasteiger partial charge in [-0.1, -0.05) is 24.3 Å². The van der Waals surface area contributed by atoms with Gasteiger partial charge in [0.2, 0.25) is 0 Å². The number of nitrogens with one attached hydrogen (secondary N) is 1. The standard InChI is InChI=1S/C19H23N3O/c1-13-6-5-9-17(14(13)2)21-18-8-4-3-7-16(18)19(23)22-11-10-15(20)12-22/h3-9,15,21H,10-12,20H2,1-2H3/t15-/m1/s1. The van der Waals surface area contributed by atoms with Crippen molar-refractivity contribution < 1.29 is 4.79 Å².